The summed E-state index contributed by atoms with van der Waals surface area (Å²) < 4.78 is 6.58. The number of aromatic nitrogens is 2. The average molecular weight is 382 g/mol. The molecule has 0 radical (unpaired) electrons. The van der Waals surface area contributed by atoms with E-state index in [1.165, 1.54) is 12.5 Å². The summed E-state index contributed by atoms with van der Waals surface area (Å²) in [6, 6.07) is 5.74. The van der Waals surface area contributed by atoms with E-state index in [-0.39, 0.29) is 24.1 Å². The number of aromatic hydroxyl groups is 2. The molecular formula is C22H26N2O4. The Hall–Kier alpha value is -3.02. The highest BCUT2D eigenvalue weighted by Gasteiger charge is 2.20. The molecule has 0 aliphatic rings. The summed E-state index contributed by atoms with van der Waals surface area (Å²) >= 11 is 0. The van der Waals surface area contributed by atoms with Crippen molar-refractivity contribution < 1.29 is 19.7 Å². The topological polar surface area (TPSA) is 84.6 Å². The molecule has 0 bridgehead atoms. The highest BCUT2D eigenvalue weighted by Crippen LogP contribution is 2.43. The minimum Gasteiger partial charge on any atom is -0.507 e. The van der Waals surface area contributed by atoms with Crippen LogP contribution in [0.5, 0.6) is 11.5 Å². The Balaban J connectivity index is 2.08. The Kier molecular flexibility index (Phi) is 5.58. The maximum absolute atomic E-state index is 11.0. The number of fused-ring (bicyclic) bond motifs is 2. The zero-order valence-corrected chi connectivity index (χ0v) is 16.7. The number of nitrogens with zero attached hydrogens (tertiary/aromatic N) is 2. The van der Waals surface area contributed by atoms with Crippen molar-refractivity contribution in [2.45, 2.75) is 47.1 Å². The summed E-state index contributed by atoms with van der Waals surface area (Å²) in [5.74, 6) is -0.183. The molecule has 1 heterocycles. The number of aryl methyl sites for hydroxylation is 2. The van der Waals surface area contributed by atoms with E-state index in [0.29, 0.717) is 33.9 Å². The van der Waals surface area contributed by atoms with Crippen molar-refractivity contribution in [2.75, 3.05) is 6.61 Å². The van der Waals surface area contributed by atoms with Gasteiger partial charge in [0, 0.05) is 17.7 Å². The van der Waals surface area contributed by atoms with Crippen molar-refractivity contribution in [2.24, 2.45) is 0 Å². The molecule has 3 aromatic rings. The molecule has 0 amide bonds. The molecule has 1 aromatic heterocycles. The van der Waals surface area contributed by atoms with Gasteiger partial charge in [-0.15, -0.1) is 0 Å². The van der Waals surface area contributed by atoms with Crippen LogP contribution in [0.1, 0.15) is 38.4 Å². The van der Waals surface area contributed by atoms with Crippen LogP contribution >= 0.6 is 0 Å². The van der Waals surface area contributed by atoms with Crippen LogP contribution in [0, 0.1) is 6.92 Å². The molecule has 2 N–H and O–H groups in total. The van der Waals surface area contributed by atoms with Crippen LogP contribution in [-0.4, -0.2) is 32.6 Å². The normalized spacial score (nSPS) is 11.1. The van der Waals surface area contributed by atoms with Crippen molar-refractivity contribution in [1.82, 2.24) is 9.78 Å². The molecule has 0 spiro atoms. The summed E-state index contributed by atoms with van der Waals surface area (Å²) in [6.45, 7) is 7.71. The number of phenols is 2. The number of ether oxygens (including phenoxy) is 1. The van der Waals surface area contributed by atoms with Crippen molar-refractivity contribution in [3.8, 4) is 11.5 Å². The van der Waals surface area contributed by atoms with E-state index in [2.05, 4.69) is 25.0 Å². The number of carbonyl (C=O) groups excluding carboxylic acids is 1. The van der Waals surface area contributed by atoms with E-state index in [9.17, 15) is 15.0 Å². The lowest BCUT2D eigenvalue weighted by molar-refractivity contribution is -0.141. The Morgan fingerprint density at radius 2 is 1.93 bits per heavy atom. The van der Waals surface area contributed by atoms with Gasteiger partial charge in [0.05, 0.1) is 17.6 Å². The van der Waals surface area contributed by atoms with Crippen LogP contribution < -0.4 is 0 Å². The summed E-state index contributed by atoms with van der Waals surface area (Å²) in [5, 5.41) is 27.9. The van der Waals surface area contributed by atoms with Crippen molar-refractivity contribution in [3.05, 3.63) is 41.1 Å². The van der Waals surface area contributed by atoms with Gasteiger partial charge in [-0.25, -0.2) is 0 Å². The van der Waals surface area contributed by atoms with Gasteiger partial charge in [-0.1, -0.05) is 23.8 Å². The molecule has 0 aliphatic carbocycles. The van der Waals surface area contributed by atoms with Gasteiger partial charge in [-0.05, 0) is 45.2 Å². The van der Waals surface area contributed by atoms with Crippen LogP contribution in [0.3, 0.4) is 0 Å². The van der Waals surface area contributed by atoms with E-state index in [4.69, 9.17) is 4.74 Å². The van der Waals surface area contributed by atoms with E-state index in [0.717, 1.165) is 18.4 Å². The molecule has 0 unspecified atom stereocenters. The number of esters is 1. The molecule has 6 nitrogen and oxygen atoms in total. The number of hydrogen-bond donors (Lipinski definition) is 2. The Morgan fingerprint density at radius 1 is 1.18 bits per heavy atom. The number of carbonyl (C=O) groups is 1. The van der Waals surface area contributed by atoms with E-state index in [1.807, 2.05) is 18.2 Å². The van der Waals surface area contributed by atoms with Gasteiger partial charge >= 0.3 is 5.97 Å². The predicted molar refractivity (Wildman–Crippen MR) is 110 cm³/mol. The van der Waals surface area contributed by atoms with E-state index < -0.39 is 0 Å². The molecule has 0 saturated carbocycles. The first kappa shape index (κ1) is 19.7. The highest BCUT2D eigenvalue weighted by atomic mass is 16.5. The zero-order valence-electron chi connectivity index (χ0n) is 16.7. The number of hydrogen-bond acceptors (Lipinski definition) is 5. The van der Waals surface area contributed by atoms with Crippen LogP contribution in [0.2, 0.25) is 0 Å². The molecule has 28 heavy (non-hydrogen) atoms. The Bertz CT molecular complexity index is 1080. The quantitative estimate of drug-likeness (QED) is 0.376. The van der Waals surface area contributed by atoms with Crippen LogP contribution in [-0.2, 0) is 22.5 Å². The standard InChI is InChI=1S/C22H26N2O4/c1-13(2)6-5-7-16-8-9-17-18(12-16)22(27)20-19(21(17)26)14(3)23-24(20)10-11-28-15(4)25/h6,8-9,12,26-27H,5,7,10-11H2,1-4H3. The van der Waals surface area contributed by atoms with Gasteiger partial charge in [0.25, 0.3) is 0 Å². The lowest BCUT2D eigenvalue weighted by Crippen LogP contribution is -2.10. The van der Waals surface area contributed by atoms with E-state index in [1.54, 1.807) is 11.6 Å². The van der Waals surface area contributed by atoms with Crippen LogP contribution in [0.4, 0.5) is 0 Å². The molecule has 0 atom stereocenters. The fourth-order valence-corrected chi connectivity index (χ4v) is 3.48. The zero-order chi connectivity index (χ0) is 20.4. The number of allylic oxidation sites excluding steroid dienone is 2. The van der Waals surface area contributed by atoms with E-state index >= 15 is 0 Å². The molecule has 148 valence electrons. The molecule has 0 saturated heterocycles. The summed E-state index contributed by atoms with van der Waals surface area (Å²) in [7, 11) is 0. The first-order valence-corrected chi connectivity index (χ1v) is 9.40. The van der Waals surface area contributed by atoms with Crippen molar-refractivity contribution in [1.29, 1.82) is 0 Å². The largest absolute Gasteiger partial charge is 0.507 e. The van der Waals surface area contributed by atoms with Gasteiger partial charge in [0.2, 0.25) is 0 Å². The summed E-state index contributed by atoms with van der Waals surface area (Å²) in [6.07, 6.45) is 3.95. The maximum atomic E-state index is 11.0. The van der Waals surface area contributed by atoms with Gasteiger partial charge < -0.3 is 14.9 Å². The highest BCUT2D eigenvalue weighted by molar-refractivity contribution is 6.10. The fourth-order valence-electron chi connectivity index (χ4n) is 3.48. The molecule has 3 rings (SSSR count). The average Bonchev–Trinajstić information content (AvgIpc) is 2.95. The van der Waals surface area contributed by atoms with Gasteiger partial charge in [0.15, 0.2) is 0 Å². The SMILES string of the molecule is CC(=O)OCCn1nc(C)c2c(O)c3ccc(CCC=C(C)C)cc3c(O)c21. The molecule has 2 aromatic carbocycles. The minimum absolute atomic E-state index is 0.0790. The van der Waals surface area contributed by atoms with Gasteiger partial charge in [-0.2, -0.15) is 5.10 Å². The monoisotopic (exact) mass is 382 g/mol. The predicted octanol–water partition coefficient (Wildman–Crippen LogP) is 4.37. The Morgan fingerprint density at radius 3 is 2.61 bits per heavy atom. The molecule has 6 heteroatoms. The Labute approximate surface area is 164 Å². The van der Waals surface area contributed by atoms with Gasteiger partial charge in [-0.3, -0.25) is 9.48 Å². The molecule has 0 fully saturated rings. The second-order valence-corrected chi connectivity index (χ2v) is 7.27. The molecular weight excluding hydrogens is 356 g/mol. The van der Waals surface area contributed by atoms with Crippen molar-refractivity contribution >= 4 is 27.6 Å². The fraction of sp³-hybridized carbons (Fsp3) is 0.364. The van der Waals surface area contributed by atoms with Crippen LogP contribution in [0.15, 0.2) is 29.8 Å². The third kappa shape index (κ3) is 3.81. The lowest BCUT2D eigenvalue weighted by atomic mass is 9.99. The second kappa shape index (κ2) is 7.92. The third-order valence-electron chi connectivity index (χ3n) is 4.78. The smallest absolute Gasteiger partial charge is 0.302 e. The third-order valence-corrected chi connectivity index (χ3v) is 4.78. The maximum Gasteiger partial charge on any atom is 0.302 e. The first-order chi connectivity index (χ1) is 13.3. The summed E-state index contributed by atoms with van der Waals surface area (Å²) in [4.78, 5) is 11.0. The second-order valence-electron chi connectivity index (χ2n) is 7.27. The number of benzene rings is 2. The number of phenolic OH excluding ortho intramolecular Hbond substituents is 2. The number of rotatable bonds is 6. The van der Waals surface area contributed by atoms with Crippen LogP contribution in [0.25, 0.3) is 21.7 Å². The van der Waals surface area contributed by atoms with Crippen molar-refractivity contribution in [3.63, 3.8) is 0 Å². The summed E-state index contributed by atoms with van der Waals surface area (Å²) in [5.41, 5.74) is 3.42. The lowest BCUT2D eigenvalue weighted by Gasteiger charge is -2.11. The minimum atomic E-state index is -0.369. The molecule has 0 aliphatic heterocycles. The first-order valence-electron chi connectivity index (χ1n) is 9.40. The van der Waals surface area contributed by atoms with Gasteiger partial charge in [0.1, 0.15) is 23.6 Å².